The second-order valence-electron chi connectivity index (χ2n) is 4.74. The maximum atomic E-state index is 5.65. The number of hydrogen-bond donors (Lipinski definition) is 1. The Kier molecular flexibility index (Phi) is 7.51. The van der Waals surface area contributed by atoms with Gasteiger partial charge < -0.3 is 10.1 Å². The summed E-state index contributed by atoms with van der Waals surface area (Å²) in [4.78, 5) is 0. The predicted octanol–water partition coefficient (Wildman–Crippen LogP) is 4.14. The molecule has 0 aliphatic carbocycles. The Balaban J connectivity index is 2.35. The number of ether oxygens (including phenoxy) is 1. The average Bonchev–Trinajstić information content (AvgIpc) is 2.42. The SMILES string of the molecule is CCCCOc1ccc(CNC(CC)CC)cc1. The van der Waals surface area contributed by atoms with Gasteiger partial charge in [0.2, 0.25) is 0 Å². The average molecular weight is 249 g/mol. The van der Waals surface area contributed by atoms with Crippen LogP contribution in [-0.4, -0.2) is 12.6 Å². The first-order valence-electron chi connectivity index (χ1n) is 7.25. The molecule has 1 aromatic rings. The highest BCUT2D eigenvalue weighted by atomic mass is 16.5. The molecule has 0 spiro atoms. The van der Waals surface area contributed by atoms with Crippen LogP contribution in [0.15, 0.2) is 24.3 Å². The summed E-state index contributed by atoms with van der Waals surface area (Å²) < 4.78 is 5.65. The van der Waals surface area contributed by atoms with Crippen molar-refractivity contribution < 1.29 is 4.74 Å². The molecule has 0 saturated heterocycles. The van der Waals surface area contributed by atoms with Crippen LogP contribution in [0.2, 0.25) is 0 Å². The summed E-state index contributed by atoms with van der Waals surface area (Å²) in [5, 5.41) is 3.57. The molecule has 18 heavy (non-hydrogen) atoms. The Bertz CT molecular complexity index is 303. The van der Waals surface area contributed by atoms with E-state index >= 15 is 0 Å². The van der Waals surface area contributed by atoms with Gasteiger partial charge in [-0.2, -0.15) is 0 Å². The Morgan fingerprint density at radius 2 is 1.72 bits per heavy atom. The van der Waals surface area contributed by atoms with Gasteiger partial charge in [0.15, 0.2) is 0 Å². The van der Waals surface area contributed by atoms with Crippen LogP contribution in [0.25, 0.3) is 0 Å². The van der Waals surface area contributed by atoms with Crippen LogP contribution in [-0.2, 0) is 6.54 Å². The molecule has 0 atom stereocenters. The standard InChI is InChI=1S/C16H27NO/c1-4-7-12-18-16-10-8-14(9-11-16)13-17-15(5-2)6-3/h8-11,15,17H,4-7,12-13H2,1-3H3. The van der Waals surface area contributed by atoms with Crippen molar-refractivity contribution in [1.29, 1.82) is 0 Å². The molecule has 0 fully saturated rings. The largest absolute Gasteiger partial charge is 0.494 e. The molecule has 0 saturated carbocycles. The lowest BCUT2D eigenvalue weighted by Gasteiger charge is -2.14. The minimum Gasteiger partial charge on any atom is -0.494 e. The molecule has 0 amide bonds. The lowest BCUT2D eigenvalue weighted by Crippen LogP contribution is -2.26. The highest BCUT2D eigenvalue weighted by Gasteiger charge is 2.02. The number of benzene rings is 1. The van der Waals surface area contributed by atoms with Crippen molar-refractivity contribution in [1.82, 2.24) is 5.32 Å². The Labute approximate surface area is 112 Å². The van der Waals surface area contributed by atoms with Gasteiger partial charge in [0, 0.05) is 12.6 Å². The van der Waals surface area contributed by atoms with E-state index in [0.29, 0.717) is 6.04 Å². The predicted molar refractivity (Wildman–Crippen MR) is 78.1 cm³/mol. The summed E-state index contributed by atoms with van der Waals surface area (Å²) >= 11 is 0. The lowest BCUT2D eigenvalue weighted by molar-refractivity contribution is 0.309. The van der Waals surface area contributed by atoms with Gasteiger partial charge in [-0.05, 0) is 37.0 Å². The van der Waals surface area contributed by atoms with Gasteiger partial charge in [-0.3, -0.25) is 0 Å². The third-order valence-corrected chi connectivity index (χ3v) is 3.27. The summed E-state index contributed by atoms with van der Waals surface area (Å²) in [7, 11) is 0. The summed E-state index contributed by atoms with van der Waals surface area (Å²) in [6, 6.07) is 9.07. The number of rotatable bonds is 9. The van der Waals surface area contributed by atoms with E-state index in [4.69, 9.17) is 4.74 Å². The van der Waals surface area contributed by atoms with Gasteiger partial charge in [-0.15, -0.1) is 0 Å². The number of nitrogens with one attached hydrogen (secondary N) is 1. The van der Waals surface area contributed by atoms with Crippen molar-refractivity contribution in [2.24, 2.45) is 0 Å². The van der Waals surface area contributed by atoms with Gasteiger partial charge in [0.25, 0.3) is 0 Å². The van der Waals surface area contributed by atoms with E-state index in [-0.39, 0.29) is 0 Å². The minimum atomic E-state index is 0.630. The fourth-order valence-corrected chi connectivity index (χ4v) is 1.88. The quantitative estimate of drug-likeness (QED) is 0.664. The topological polar surface area (TPSA) is 21.3 Å². The first-order chi connectivity index (χ1) is 8.80. The monoisotopic (exact) mass is 249 g/mol. The van der Waals surface area contributed by atoms with Crippen LogP contribution in [0.1, 0.15) is 52.0 Å². The van der Waals surface area contributed by atoms with Crippen LogP contribution in [0.5, 0.6) is 5.75 Å². The molecule has 1 aromatic carbocycles. The van der Waals surface area contributed by atoms with E-state index in [1.54, 1.807) is 0 Å². The van der Waals surface area contributed by atoms with Gasteiger partial charge in [0.1, 0.15) is 5.75 Å². The van der Waals surface area contributed by atoms with Gasteiger partial charge >= 0.3 is 0 Å². The summed E-state index contributed by atoms with van der Waals surface area (Å²) in [6.45, 7) is 8.40. The molecule has 0 aromatic heterocycles. The number of unbranched alkanes of at least 4 members (excludes halogenated alkanes) is 1. The molecule has 2 heteroatoms. The molecule has 0 aliphatic rings. The summed E-state index contributed by atoms with van der Waals surface area (Å²) in [6.07, 6.45) is 4.68. The van der Waals surface area contributed by atoms with Crippen molar-refractivity contribution in [3.05, 3.63) is 29.8 Å². The molecular weight excluding hydrogens is 222 g/mol. The van der Waals surface area contributed by atoms with Crippen molar-refractivity contribution in [3.63, 3.8) is 0 Å². The highest BCUT2D eigenvalue weighted by Crippen LogP contribution is 2.13. The summed E-state index contributed by atoms with van der Waals surface area (Å²) in [5.41, 5.74) is 1.32. The Morgan fingerprint density at radius 3 is 2.28 bits per heavy atom. The van der Waals surface area contributed by atoms with Gasteiger partial charge in [-0.1, -0.05) is 39.3 Å². The second kappa shape index (κ2) is 8.98. The van der Waals surface area contributed by atoms with Crippen LogP contribution in [0.3, 0.4) is 0 Å². The van der Waals surface area contributed by atoms with Gasteiger partial charge in [-0.25, -0.2) is 0 Å². The van der Waals surface area contributed by atoms with Crippen LogP contribution >= 0.6 is 0 Å². The van der Waals surface area contributed by atoms with Crippen molar-refractivity contribution >= 4 is 0 Å². The lowest BCUT2D eigenvalue weighted by atomic mass is 10.1. The summed E-state index contributed by atoms with van der Waals surface area (Å²) in [5.74, 6) is 0.981. The van der Waals surface area contributed by atoms with Crippen molar-refractivity contribution in [2.45, 2.75) is 59.0 Å². The van der Waals surface area contributed by atoms with Crippen molar-refractivity contribution in [3.8, 4) is 5.75 Å². The molecule has 0 radical (unpaired) electrons. The first kappa shape index (κ1) is 15.0. The number of hydrogen-bond acceptors (Lipinski definition) is 2. The van der Waals surface area contributed by atoms with E-state index in [2.05, 4.69) is 50.4 Å². The van der Waals surface area contributed by atoms with E-state index < -0.39 is 0 Å². The fourth-order valence-electron chi connectivity index (χ4n) is 1.88. The molecular formula is C16H27NO. The zero-order valence-electron chi connectivity index (χ0n) is 12.0. The molecule has 0 unspecified atom stereocenters. The fraction of sp³-hybridized carbons (Fsp3) is 0.625. The molecule has 2 nitrogen and oxygen atoms in total. The minimum absolute atomic E-state index is 0.630. The van der Waals surface area contributed by atoms with Crippen molar-refractivity contribution in [2.75, 3.05) is 6.61 Å². The van der Waals surface area contributed by atoms with E-state index in [9.17, 15) is 0 Å². The highest BCUT2D eigenvalue weighted by molar-refractivity contribution is 5.27. The van der Waals surface area contributed by atoms with E-state index in [1.165, 1.54) is 24.8 Å². The second-order valence-corrected chi connectivity index (χ2v) is 4.74. The zero-order chi connectivity index (χ0) is 13.2. The Morgan fingerprint density at radius 1 is 1.06 bits per heavy atom. The maximum absolute atomic E-state index is 5.65. The van der Waals surface area contributed by atoms with Gasteiger partial charge in [0.05, 0.1) is 6.61 Å². The molecule has 102 valence electrons. The Hall–Kier alpha value is -1.02. The third-order valence-electron chi connectivity index (χ3n) is 3.27. The third kappa shape index (κ3) is 5.54. The van der Waals surface area contributed by atoms with E-state index in [1.807, 2.05) is 0 Å². The van der Waals surface area contributed by atoms with E-state index in [0.717, 1.165) is 25.3 Å². The zero-order valence-corrected chi connectivity index (χ0v) is 12.0. The van der Waals surface area contributed by atoms with Crippen LogP contribution in [0.4, 0.5) is 0 Å². The molecule has 0 bridgehead atoms. The first-order valence-corrected chi connectivity index (χ1v) is 7.25. The molecule has 0 heterocycles. The smallest absolute Gasteiger partial charge is 0.119 e. The molecule has 1 N–H and O–H groups in total. The molecule has 0 aliphatic heterocycles. The maximum Gasteiger partial charge on any atom is 0.119 e. The van der Waals surface area contributed by atoms with Crippen LogP contribution < -0.4 is 10.1 Å². The normalized spacial score (nSPS) is 10.9. The van der Waals surface area contributed by atoms with Crippen LogP contribution in [0, 0.1) is 0 Å². The molecule has 1 rings (SSSR count).